The summed E-state index contributed by atoms with van der Waals surface area (Å²) < 4.78 is 5.60. The van der Waals surface area contributed by atoms with Gasteiger partial charge in [-0.3, -0.25) is 0 Å². The Morgan fingerprint density at radius 3 is 2.69 bits per heavy atom. The standard InChI is InChI=1S/C12H13NO.C2H6/c1-10-7-8-13-12(9-10)14-11-5-3-2-4-6-11;1-2/h3,5-9H,2,4H2,1H3;1-2H3. The molecule has 0 aliphatic heterocycles. The smallest absolute Gasteiger partial charge is 0.219 e. The van der Waals surface area contributed by atoms with E-state index in [1.807, 2.05) is 39.0 Å². The number of hydrogen-bond donors (Lipinski definition) is 0. The number of allylic oxidation sites excluding steroid dienone is 3. The number of nitrogens with zero attached hydrogens (tertiary/aromatic N) is 1. The molecule has 16 heavy (non-hydrogen) atoms. The van der Waals surface area contributed by atoms with E-state index >= 15 is 0 Å². The highest BCUT2D eigenvalue weighted by atomic mass is 16.5. The van der Waals surface area contributed by atoms with Crippen molar-refractivity contribution in [3.05, 3.63) is 47.9 Å². The van der Waals surface area contributed by atoms with E-state index in [0.717, 1.165) is 24.2 Å². The Bertz CT molecular complexity index is 380. The molecule has 0 saturated carbocycles. The maximum Gasteiger partial charge on any atom is 0.219 e. The van der Waals surface area contributed by atoms with Gasteiger partial charge in [0.25, 0.3) is 0 Å². The largest absolute Gasteiger partial charge is 0.439 e. The van der Waals surface area contributed by atoms with Gasteiger partial charge < -0.3 is 4.74 Å². The number of rotatable bonds is 2. The highest BCUT2D eigenvalue weighted by molar-refractivity contribution is 5.25. The van der Waals surface area contributed by atoms with Crippen molar-refractivity contribution in [3.63, 3.8) is 0 Å². The molecule has 0 spiro atoms. The summed E-state index contributed by atoms with van der Waals surface area (Å²) in [5, 5.41) is 0. The number of pyridine rings is 1. The van der Waals surface area contributed by atoms with Gasteiger partial charge in [0, 0.05) is 12.3 Å². The lowest BCUT2D eigenvalue weighted by Gasteiger charge is -2.08. The van der Waals surface area contributed by atoms with Crippen LogP contribution in [0.1, 0.15) is 32.3 Å². The summed E-state index contributed by atoms with van der Waals surface area (Å²) in [6.45, 7) is 6.03. The van der Waals surface area contributed by atoms with Crippen LogP contribution in [-0.4, -0.2) is 4.98 Å². The molecule has 1 heterocycles. The van der Waals surface area contributed by atoms with Crippen LogP contribution in [-0.2, 0) is 0 Å². The summed E-state index contributed by atoms with van der Waals surface area (Å²) in [4.78, 5) is 4.14. The zero-order valence-electron chi connectivity index (χ0n) is 10.2. The van der Waals surface area contributed by atoms with Crippen LogP contribution >= 0.6 is 0 Å². The monoisotopic (exact) mass is 217 g/mol. The number of aromatic nitrogens is 1. The molecular weight excluding hydrogens is 198 g/mol. The maximum atomic E-state index is 5.60. The molecule has 2 nitrogen and oxygen atoms in total. The van der Waals surface area contributed by atoms with Crippen LogP contribution in [0.15, 0.2) is 42.3 Å². The third-order valence-corrected chi connectivity index (χ3v) is 2.07. The molecule has 0 atom stereocenters. The molecule has 0 aromatic carbocycles. The topological polar surface area (TPSA) is 22.1 Å². The van der Waals surface area contributed by atoms with Gasteiger partial charge in [0.2, 0.25) is 5.88 Å². The van der Waals surface area contributed by atoms with E-state index in [0.29, 0.717) is 5.88 Å². The van der Waals surface area contributed by atoms with Crippen LogP contribution in [0, 0.1) is 6.92 Å². The van der Waals surface area contributed by atoms with Gasteiger partial charge in [0.15, 0.2) is 0 Å². The SMILES string of the molecule is CC.Cc1ccnc(OC2=CCCC=C2)c1. The normalized spacial score (nSPS) is 13.6. The first-order chi connectivity index (χ1) is 7.84. The quantitative estimate of drug-likeness (QED) is 0.746. The minimum atomic E-state index is 0.669. The third kappa shape index (κ3) is 3.89. The summed E-state index contributed by atoms with van der Waals surface area (Å²) >= 11 is 0. The van der Waals surface area contributed by atoms with E-state index in [1.54, 1.807) is 6.20 Å². The minimum absolute atomic E-state index is 0.669. The van der Waals surface area contributed by atoms with Crippen LogP contribution in [0.2, 0.25) is 0 Å². The van der Waals surface area contributed by atoms with Crippen LogP contribution in [0.5, 0.6) is 5.88 Å². The molecule has 2 heteroatoms. The van der Waals surface area contributed by atoms with E-state index in [1.165, 1.54) is 0 Å². The fourth-order valence-electron chi connectivity index (χ4n) is 1.35. The first-order valence-electron chi connectivity index (χ1n) is 5.82. The summed E-state index contributed by atoms with van der Waals surface area (Å²) in [7, 11) is 0. The molecule has 2 rings (SSSR count). The Morgan fingerprint density at radius 2 is 2.06 bits per heavy atom. The lowest BCUT2D eigenvalue weighted by molar-refractivity contribution is 0.421. The Labute approximate surface area is 97.7 Å². The number of aryl methyl sites for hydroxylation is 1. The molecule has 1 aliphatic rings. The van der Waals surface area contributed by atoms with Gasteiger partial charge in [-0.15, -0.1) is 0 Å². The van der Waals surface area contributed by atoms with Gasteiger partial charge in [-0.05, 0) is 43.5 Å². The van der Waals surface area contributed by atoms with Gasteiger partial charge in [-0.1, -0.05) is 19.9 Å². The second kappa shape index (κ2) is 6.83. The maximum absolute atomic E-state index is 5.60. The number of hydrogen-bond acceptors (Lipinski definition) is 2. The van der Waals surface area contributed by atoms with Crippen molar-refractivity contribution in [2.24, 2.45) is 0 Å². The minimum Gasteiger partial charge on any atom is -0.439 e. The first kappa shape index (κ1) is 12.5. The lowest BCUT2D eigenvalue weighted by atomic mass is 10.2. The summed E-state index contributed by atoms with van der Waals surface area (Å²) in [5.41, 5.74) is 1.16. The van der Waals surface area contributed by atoms with Crippen LogP contribution in [0.4, 0.5) is 0 Å². The summed E-state index contributed by atoms with van der Waals surface area (Å²) in [6, 6.07) is 3.89. The Balaban J connectivity index is 0.000000606. The molecule has 1 aromatic heterocycles. The van der Waals surface area contributed by atoms with Crippen molar-refractivity contribution in [2.45, 2.75) is 33.6 Å². The fourth-order valence-corrected chi connectivity index (χ4v) is 1.35. The predicted octanol–water partition coefficient (Wildman–Crippen LogP) is 4.03. The molecule has 0 unspecified atom stereocenters. The van der Waals surface area contributed by atoms with Crippen LogP contribution in [0.25, 0.3) is 0 Å². The van der Waals surface area contributed by atoms with Gasteiger partial charge in [0.05, 0.1) is 0 Å². The van der Waals surface area contributed by atoms with Crippen LogP contribution in [0.3, 0.4) is 0 Å². The second-order valence-corrected chi connectivity index (χ2v) is 3.36. The zero-order valence-corrected chi connectivity index (χ0v) is 10.2. The summed E-state index contributed by atoms with van der Waals surface area (Å²) in [6.07, 6.45) is 10.1. The molecule has 0 N–H and O–H groups in total. The molecule has 0 bridgehead atoms. The molecule has 0 saturated heterocycles. The Kier molecular flexibility index (Phi) is 5.34. The van der Waals surface area contributed by atoms with E-state index < -0.39 is 0 Å². The van der Waals surface area contributed by atoms with Gasteiger partial charge in [0.1, 0.15) is 5.76 Å². The molecular formula is C14H19NO. The van der Waals surface area contributed by atoms with Gasteiger partial charge in [-0.2, -0.15) is 0 Å². The molecule has 86 valence electrons. The predicted molar refractivity (Wildman–Crippen MR) is 67.4 cm³/mol. The average Bonchev–Trinajstić information content (AvgIpc) is 2.33. The van der Waals surface area contributed by atoms with Crippen molar-refractivity contribution in [2.75, 3.05) is 0 Å². The molecule has 0 fully saturated rings. The van der Waals surface area contributed by atoms with Gasteiger partial charge in [-0.25, -0.2) is 4.98 Å². The van der Waals surface area contributed by atoms with Crippen LogP contribution < -0.4 is 4.74 Å². The van der Waals surface area contributed by atoms with E-state index in [9.17, 15) is 0 Å². The summed E-state index contributed by atoms with van der Waals surface area (Å²) in [5.74, 6) is 1.57. The average molecular weight is 217 g/mol. The Hall–Kier alpha value is -1.57. The van der Waals surface area contributed by atoms with E-state index in [-0.39, 0.29) is 0 Å². The van der Waals surface area contributed by atoms with Crippen molar-refractivity contribution in [1.82, 2.24) is 4.98 Å². The van der Waals surface area contributed by atoms with Crippen molar-refractivity contribution in [3.8, 4) is 5.88 Å². The zero-order chi connectivity index (χ0) is 11.8. The second-order valence-electron chi connectivity index (χ2n) is 3.36. The van der Waals surface area contributed by atoms with Gasteiger partial charge >= 0.3 is 0 Å². The highest BCUT2D eigenvalue weighted by Gasteiger charge is 2.01. The first-order valence-corrected chi connectivity index (χ1v) is 5.82. The van der Waals surface area contributed by atoms with Crippen molar-refractivity contribution in [1.29, 1.82) is 0 Å². The fraction of sp³-hybridized carbons (Fsp3) is 0.357. The third-order valence-electron chi connectivity index (χ3n) is 2.07. The van der Waals surface area contributed by atoms with E-state index in [4.69, 9.17) is 4.74 Å². The highest BCUT2D eigenvalue weighted by Crippen LogP contribution is 2.16. The molecule has 1 aromatic rings. The van der Waals surface area contributed by atoms with E-state index in [2.05, 4.69) is 17.1 Å². The van der Waals surface area contributed by atoms with Crippen molar-refractivity contribution < 1.29 is 4.74 Å². The number of ether oxygens (including phenoxy) is 1. The molecule has 0 radical (unpaired) electrons. The molecule has 0 amide bonds. The Morgan fingerprint density at radius 1 is 1.25 bits per heavy atom. The van der Waals surface area contributed by atoms with Crippen molar-refractivity contribution >= 4 is 0 Å². The molecule has 1 aliphatic carbocycles. The lowest BCUT2D eigenvalue weighted by Crippen LogP contribution is -1.97.